The molecule has 0 atom stereocenters. The molecule has 0 saturated heterocycles. The SMILES string of the molecule is CNC(=O)C1(N(C(=O)COC)c2c(C)cccc2C)CC1. The van der Waals surface area contributed by atoms with Gasteiger partial charge < -0.3 is 10.1 Å². The number of methoxy groups -OCH3 is 1. The molecular weight excluding hydrogens is 268 g/mol. The van der Waals surface area contributed by atoms with Gasteiger partial charge in [-0.15, -0.1) is 0 Å². The first-order valence-corrected chi connectivity index (χ1v) is 7.08. The number of para-hydroxylation sites is 1. The van der Waals surface area contributed by atoms with E-state index in [1.54, 1.807) is 11.9 Å². The molecule has 0 aromatic heterocycles. The fraction of sp³-hybridized carbons (Fsp3) is 0.500. The Morgan fingerprint density at radius 3 is 2.29 bits per heavy atom. The van der Waals surface area contributed by atoms with E-state index in [9.17, 15) is 9.59 Å². The Bertz CT molecular complexity index is 544. The highest BCUT2D eigenvalue weighted by Gasteiger charge is 2.57. The number of likely N-dealkylation sites (N-methyl/N-ethyl adjacent to an activating group) is 1. The van der Waals surface area contributed by atoms with Gasteiger partial charge in [-0.3, -0.25) is 14.5 Å². The third-order valence-electron chi connectivity index (χ3n) is 3.98. The fourth-order valence-electron chi connectivity index (χ4n) is 2.83. The molecule has 2 rings (SSSR count). The maximum absolute atomic E-state index is 12.6. The van der Waals surface area contributed by atoms with E-state index >= 15 is 0 Å². The van der Waals surface area contributed by atoms with Gasteiger partial charge in [0.1, 0.15) is 12.1 Å². The van der Waals surface area contributed by atoms with Crippen molar-refractivity contribution in [2.24, 2.45) is 0 Å². The molecule has 21 heavy (non-hydrogen) atoms. The lowest BCUT2D eigenvalue weighted by molar-refractivity contribution is -0.128. The molecule has 1 aliphatic rings. The average Bonchev–Trinajstić information content (AvgIpc) is 3.23. The number of anilines is 1. The zero-order valence-corrected chi connectivity index (χ0v) is 13.0. The molecule has 1 aliphatic carbocycles. The Morgan fingerprint density at radius 2 is 1.86 bits per heavy atom. The predicted molar refractivity (Wildman–Crippen MR) is 81.3 cm³/mol. The fourth-order valence-corrected chi connectivity index (χ4v) is 2.83. The van der Waals surface area contributed by atoms with E-state index in [1.807, 2.05) is 32.0 Å². The lowest BCUT2D eigenvalue weighted by Gasteiger charge is -2.33. The summed E-state index contributed by atoms with van der Waals surface area (Å²) in [7, 11) is 3.09. The van der Waals surface area contributed by atoms with Crippen LogP contribution in [-0.2, 0) is 14.3 Å². The lowest BCUT2D eigenvalue weighted by atomic mass is 10.0. The van der Waals surface area contributed by atoms with Crippen LogP contribution in [0.1, 0.15) is 24.0 Å². The van der Waals surface area contributed by atoms with E-state index in [2.05, 4.69) is 5.32 Å². The summed E-state index contributed by atoms with van der Waals surface area (Å²) in [6.45, 7) is 3.87. The first-order chi connectivity index (χ1) is 9.97. The number of carbonyl (C=O) groups is 2. The Balaban J connectivity index is 2.53. The normalized spacial score (nSPS) is 15.4. The summed E-state index contributed by atoms with van der Waals surface area (Å²) in [5, 5.41) is 2.68. The molecule has 1 aromatic carbocycles. The molecular formula is C16H22N2O3. The number of hydrogen-bond donors (Lipinski definition) is 1. The van der Waals surface area contributed by atoms with Crippen molar-refractivity contribution in [2.75, 3.05) is 25.7 Å². The summed E-state index contributed by atoms with van der Waals surface area (Å²) in [6.07, 6.45) is 1.35. The Labute approximate surface area is 125 Å². The van der Waals surface area contributed by atoms with Crippen molar-refractivity contribution in [3.05, 3.63) is 29.3 Å². The van der Waals surface area contributed by atoms with Crippen LogP contribution in [0.4, 0.5) is 5.69 Å². The summed E-state index contributed by atoms with van der Waals surface area (Å²) in [5.41, 5.74) is 2.02. The predicted octanol–water partition coefficient (Wildman–Crippen LogP) is 1.56. The molecule has 5 heteroatoms. The molecule has 0 radical (unpaired) electrons. The van der Waals surface area contributed by atoms with Gasteiger partial charge in [0.05, 0.1) is 5.69 Å². The number of nitrogens with zero attached hydrogens (tertiary/aromatic N) is 1. The van der Waals surface area contributed by atoms with Crippen LogP contribution in [-0.4, -0.2) is 38.1 Å². The van der Waals surface area contributed by atoms with E-state index in [0.717, 1.165) is 16.8 Å². The highest BCUT2D eigenvalue weighted by atomic mass is 16.5. The quantitative estimate of drug-likeness (QED) is 0.895. The molecule has 5 nitrogen and oxygen atoms in total. The van der Waals surface area contributed by atoms with Gasteiger partial charge in [-0.05, 0) is 37.8 Å². The number of carbonyl (C=O) groups excluding carboxylic acids is 2. The number of nitrogens with one attached hydrogen (secondary N) is 1. The van der Waals surface area contributed by atoms with E-state index in [0.29, 0.717) is 12.8 Å². The summed E-state index contributed by atoms with van der Waals surface area (Å²) in [5.74, 6) is -0.300. The largest absolute Gasteiger partial charge is 0.375 e. The van der Waals surface area contributed by atoms with Gasteiger partial charge >= 0.3 is 0 Å². The van der Waals surface area contributed by atoms with E-state index in [-0.39, 0.29) is 18.4 Å². The van der Waals surface area contributed by atoms with Crippen molar-refractivity contribution in [3.8, 4) is 0 Å². The molecule has 0 unspecified atom stereocenters. The van der Waals surface area contributed by atoms with Gasteiger partial charge in [-0.2, -0.15) is 0 Å². The molecule has 1 fully saturated rings. The van der Waals surface area contributed by atoms with Gasteiger partial charge in [-0.25, -0.2) is 0 Å². The molecule has 1 N–H and O–H groups in total. The summed E-state index contributed by atoms with van der Waals surface area (Å²) >= 11 is 0. The van der Waals surface area contributed by atoms with Gasteiger partial charge in [-0.1, -0.05) is 18.2 Å². The molecule has 0 heterocycles. The molecule has 0 bridgehead atoms. The number of hydrogen-bond acceptors (Lipinski definition) is 3. The van der Waals surface area contributed by atoms with E-state index in [4.69, 9.17) is 4.74 Å². The maximum atomic E-state index is 12.6. The van der Waals surface area contributed by atoms with Crippen LogP contribution >= 0.6 is 0 Å². The standard InChI is InChI=1S/C16H22N2O3/c1-11-6-5-7-12(2)14(11)18(13(19)10-21-4)16(8-9-16)15(20)17-3/h5-7H,8-10H2,1-4H3,(H,17,20). The molecule has 1 aromatic rings. The monoisotopic (exact) mass is 290 g/mol. The third-order valence-corrected chi connectivity index (χ3v) is 3.98. The summed E-state index contributed by atoms with van der Waals surface area (Å²) in [6, 6.07) is 5.86. The van der Waals surface area contributed by atoms with Crippen LogP contribution < -0.4 is 10.2 Å². The second-order valence-corrected chi connectivity index (χ2v) is 5.51. The minimum Gasteiger partial charge on any atom is -0.375 e. The molecule has 1 saturated carbocycles. The maximum Gasteiger partial charge on any atom is 0.253 e. The van der Waals surface area contributed by atoms with Gasteiger partial charge in [0.25, 0.3) is 5.91 Å². The highest BCUT2D eigenvalue weighted by molar-refractivity contribution is 6.06. The molecule has 114 valence electrons. The van der Waals surface area contributed by atoms with Gasteiger partial charge in [0.15, 0.2) is 0 Å². The number of benzene rings is 1. The lowest BCUT2D eigenvalue weighted by Crippen LogP contribution is -2.53. The number of rotatable bonds is 5. The smallest absolute Gasteiger partial charge is 0.253 e. The van der Waals surface area contributed by atoms with Crippen molar-refractivity contribution >= 4 is 17.5 Å². The topological polar surface area (TPSA) is 58.6 Å². The van der Waals surface area contributed by atoms with E-state index < -0.39 is 5.54 Å². The Morgan fingerprint density at radius 1 is 1.29 bits per heavy atom. The van der Waals surface area contributed by atoms with E-state index in [1.165, 1.54) is 7.11 Å². The van der Waals surface area contributed by atoms with Crippen LogP contribution in [0.15, 0.2) is 18.2 Å². The Kier molecular flexibility index (Phi) is 4.32. The molecule has 2 amide bonds. The number of aryl methyl sites for hydroxylation is 2. The van der Waals surface area contributed by atoms with Gasteiger partial charge in [0, 0.05) is 14.2 Å². The summed E-state index contributed by atoms with van der Waals surface area (Å²) < 4.78 is 5.00. The second kappa shape index (κ2) is 5.85. The highest BCUT2D eigenvalue weighted by Crippen LogP contribution is 2.46. The third kappa shape index (κ3) is 2.65. The minimum atomic E-state index is -0.763. The Hall–Kier alpha value is -1.88. The minimum absolute atomic E-state index is 0.0352. The molecule has 0 aliphatic heterocycles. The van der Waals surface area contributed by atoms with Crippen LogP contribution in [0, 0.1) is 13.8 Å². The molecule has 0 spiro atoms. The van der Waals surface area contributed by atoms with Crippen LogP contribution in [0.25, 0.3) is 0 Å². The first kappa shape index (κ1) is 15.5. The van der Waals surface area contributed by atoms with Crippen molar-refractivity contribution in [1.82, 2.24) is 5.32 Å². The average molecular weight is 290 g/mol. The van der Waals surface area contributed by atoms with Crippen LogP contribution in [0.2, 0.25) is 0 Å². The zero-order chi connectivity index (χ0) is 15.6. The number of amides is 2. The van der Waals surface area contributed by atoms with Crippen LogP contribution in [0.5, 0.6) is 0 Å². The van der Waals surface area contributed by atoms with Crippen molar-refractivity contribution < 1.29 is 14.3 Å². The zero-order valence-electron chi connectivity index (χ0n) is 13.0. The van der Waals surface area contributed by atoms with Crippen molar-refractivity contribution in [1.29, 1.82) is 0 Å². The van der Waals surface area contributed by atoms with Crippen molar-refractivity contribution in [3.63, 3.8) is 0 Å². The second-order valence-electron chi connectivity index (χ2n) is 5.51. The summed E-state index contributed by atoms with van der Waals surface area (Å²) in [4.78, 5) is 26.5. The van der Waals surface area contributed by atoms with Crippen LogP contribution in [0.3, 0.4) is 0 Å². The van der Waals surface area contributed by atoms with Crippen molar-refractivity contribution in [2.45, 2.75) is 32.2 Å². The number of ether oxygens (including phenoxy) is 1. The van der Waals surface area contributed by atoms with Gasteiger partial charge in [0.2, 0.25) is 5.91 Å². The first-order valence-electron chi connectivity index (χ1n) is 7.08.